The second kappa shape index (κ2) is 11.2. The molecule has 1 saturated heterocycles. The van der Waals surface area contributed by atoms with Gasteiger partial charge in [0.1, 0.15) is 12.7 Å². The maximum absolute atomic E-state index is 14.3. The highest BCUT2D eigenvalue weighted by atomic mass is 79.9. The number of hydrogen-bond donors (Lipinski definition) is 0. The van der Waals surface area contributed by atoms with Crippen LogP contribution >= 0.6 is 15.9 Å². The van der Waals surface area contributed by atoms with Gasteiger partial charge < -0.3 is 33.6 Å². The van der Waals surface area contributed by atoms with Gasteiger partial charge in [-0.3, -0.25) is 14.4 Å². The van der Waals surface area contributed by atoms with Crippen LogP contribution in [0.5, 0.6) is 5.75 Å². The molecule has 1 heterocycles. The van der Waals surface area contributed by atoms with Crippen LogP contribution < -0.4 is 9.84 Å². The van der Waals surface area contributed by atoms with Crippen LogP contribution in [0.15, 0.2) is 22.7 Å². The fourth-order valence-corrected chi connectivity index (χ4v) is 3.52. The van der Waals surface area contributed by atoms with E-state index in [2.05, 4.69) is 15.9 Å². The SMILES string of the molecule is CC(=O)OC[C@H]1O[C@H](Oc2ccc(Br)cc2F)[C@@H](CC(=O)[O-])[C@H](OC(C)=O)[C@H]1OC(C)=O. The lowest BCUT2D eigenvalue weighted by molar-refractivity contribution is -0.316. The van der Waals surface area contributed by atoms with Crippen LogP contribution in [0.2, 0.25) is 0 Å². The summed E-state index contributed by atoms with van der Waals surface area (Å²) in [5, 5.41) is 11.4. The maximum Gasteiger partial charge on any atom is 0.303 e. The summed E-state index contributed by atoms with van der Waals surface area (Å²) < 4.78 is 41.5. The fourth-order valence-electron chi connectivity index (χ4n) is 3.19. The summed E-state index contributed by atoms with van der Waals surface area (Å²) in [4.78, 5) is 46.1. The first-order chi connectivity index (χ1) is 15.0. The molecule has 0 aromatic heterocycles. The van der Waals surface area contributed by atoms with Crippen molar-refractivity contribution in [3.05, 3.63) is 28.5 Å². The third-order valence-electron chi connectivity index (χ3n) is 4.37. The van der Waals surface area contributed by atoms with E-state index in [1.807, 2.05) is 0 Å². The van der Waals surface area contributed by atoms with Crippen molar-refractivity contribution in [2.45, 2.75) is 51.8 Å². The van der Waals surface area contributed by atoms with E-state index in [0.29, 0.717) is 4.47 Å². The third kappa shape index (κ3) is 7.16. The minimum atomic E-state index is -1.54. The van der Waals surface area contributed by atoms with Crippen molar-refractivity contribution in [2.75, 3.05) is 6.61 Å². The van der Waals surface area contributed by atoms with E-state index in [0.717, 1.165) is 26.8 Å². The molecule has 1 aromatic carbocycles. The predicted molar refractivity (Wildman–Crippen MR) is 104 cm³/mol. The Bertz CT molecular complexity index is 876. The highest BCUT2D eigenvalue weighted by Gasteiger charge is 2.51. The Labute approximate surface area is 191 Å². The molecule has 10 nitrogen and oxygen atoms in total. The van der Waals surface area contributed by atoms with Crippen molar-refractivity contribution < 1.29 is 52.4 Å². The third-order valence-corrected chi connectivity index (χ3v) is 4.86. The average molecular weight is 520 g/mol. The molecule has 0 amide bonds. The number of carbonyl (C=O) groups is 4. The van der Waals surface area contributed by atoms with Crippen molar-refractivity contribution in [3.8, 4) is 5.75 Å². The van der Waals surface area contributed by atoms with Crippen molar-refractivity contribution in [1.29, 1.82) is 0 Å². The lowest BCUT2D eigenvalue weighted by atomic mass is 9.88. The van der Waals surface area contributed by atoms with Gasteiger partial charge in [-0.2, -0.15) is 0 Å². The number of benzene rings is 1. The van der Waals surface area contributed by atoms with E-state index in [4.69, 9.17) is 23.7 Å². The Kier molecular flexibility index (Phi) is 8.96. The van der Waals surface area contributed by atoms with Crippen molar-refractivity contribution in [1.82, 2.24) is 0 Å². The average Bonchev–Trinajstić information content (AvgIpc) is 2.65. The van der Waals surface area contributed by atoms with Crippen molar-refractivity contribution in [2.24, 2.45) is 5.92 Å². The molecule has 0 aliphatic carbocycles. The Hall–Kier alpha value is -2.73. The molecule has 1 aromatic rings. The summed E-state index contributed by atoms with van der Waals surface area (Å²) in [6.07, 6.45) is -6.16. The van der Waals surface area contributed by atoms with Gasteiger partial charge in [0.05, 0.1) is 5.92 Å². The zero-order valence-electron chi connectivity index (χ0n) is 17.4. The molecule has 1 aliphatic heterocycles. The molecule has 0 bridgehead atoms. The lowest BCUT2D eigenvalue weighted by Crippen LogP contribution is -2.60. The maximum atomic E-state index is 14.3. The van der Waals surface area contributed by atoms with Gasteiger partial charge in [0.2, 0.25) is 6.29 Å². The molecule has 0 saturated carbocycles. The Morgan fingerprint density at radius 3 is 2.22 bits per heavy atom. The summed E-state index contributed by atoms with van der Waals surface area (Å²) in [7, 11) is 0. The number of ether oxygens (including phenoxy) is 5. The molecule has 0 spiro atoms. The molecule has 0 radical (unpaired) electrons. The number of carboxylic acids is 1. The minimum absolute atomic E-state index is 0.278. The van der Waals surface area contributed by atoms with Crippen molar-refractivity contribution in [3.63, 3.8) is 0 Å². The number of aliphatic carboxylic acids is 1. The molecule has 2 rings (SSSR count). The number of halogens is 2. The Morgan fingerprint density at radius 1 is 1.06 bits per heavy atom. The van der Waals surface area contributed by atoms with Crippen molar-refractivity contribution >= 4 is 39.8 Å². The summed E-state index contributed by atoms with van der Waals surface area (Å²) in [6.45, 7) is 2.85. The van der Waals surface area contributed by atoms with Crippen LogP contribution in [-0.2, 0) is 38.1 Å². The van der Waals surface area contributed by atoms with Crippen LogP contribution in [0.25, 0.3) is 0 Å². The van der Waals surface area contributed by atoms with Gasteiger partial charge in [-0.05, 0) is 24.6 Å². The Balaban J connectivity index is 2.47. The molecule has 176 valence electrons. The van der Waals surface area contributed by atoms with E-state index >= 15 is 0 Å². The topological polar surface area (TPSA) is 137 Å². The van der Waals surface area contributed by atoms with Gasteiger partial charge in [0, 0.05) is 31.2 Å². The summed E-state index contributed by atoms with van der Waals surface area (Å²) in [6, 6.07) is 3.88. The fraction of sp³-hybridized carbons (Fsp3) is 0.500. The molecule has 0 N–H and O–H groups in total. The standard InChI is InChI=1S/C20H22BrFO10/c1-9(23)28-8-16-19(30-11(3)25)18(29-10(2)24)13(7-17(26)27)20(32-16)31-15-5-4-12(21)6-14(15)22/h4-6,13,16,18-20H,7-8H2,1-3H3,(H,26,27)/p-1/t13-,16+,18-,19-,20-/m0/s1. The smallest absolute Gasteiger partial charge is 0.303 e. The summed E-state index contributed by atoms with van der Waals surface area (Å²) in [5.74, 6) is -6.12. The van der Waals surface area contributed by atoms with Crippen LogP contribution in [0.3, 0.4) is 0 Å². The molecule has 5 atom stereocenters. The molecule has 0 unspecified atom stereocenters. The first-order valence-electron chi connectivity index (χ1n) is 9.42. The molecular formula is C20H21BrFO10-. The molecule has 12 heteroatoms. The van der Waals surface area contributed by atoms with E-state index in [9.17, 15) is 28.7 Å². The highest BCUT2D eigenvalue weighted by Crippen LogP contribution is 2.35. The molecular weight excluding hydrogens is 499 g/mol. The van der Waals surface area contributed by atoms with Crippen LogP contribution in [0.1, 0.15) is 27.2 Å². The number of rotatable bonds is 8. The van der Waals surface area contributed by atoms with Crippen LogP contribution in [-0.4, -0.2) is 55.1 Å². The van der Waals surface area contributed by atoms with E-state index in [1.54, 1.807) is 0 Å². The van der Waals surface area contributed by atoms with Crippen LogP contribution in [0.4, 0.5) is 4.39 Å². The van der Waals surface area contributed by atoms with E-state index in [-0.39, 0.29) is 5.75 Å². The largest absolute Gasteiger partial charge is 0.550 e. The zero-order valence-corrected chi connectivity index (χ0v) is 19.0. The number of esters is 3. The highest BCUT2D eigenvalue weighted by molar-refractivity contribution is 9.10. The monoisotopic (exact) mass is 519 g/mol. The zero-order chi connectivity index (χ0) is 24.0. The minimum Gasteiger partial charge on any atom is -0.550 e. The second-order valence-corrected chi connectivity index (χ2v) is 7.84. The first-order valence-corrected chi connectivity index (χ1v) is 10.2. The quantitative estimate of drug-likeness (QED) is 0.359. The van der Waals surface area contributed by atoms with Gasteiger partial charge in [0.15, 0.2) is 23.8 Å². The first kappa shape index (κ1) is 25.5. The summed E-state index contributed by atoms with van der Waals surface area (Å²) in [5.41, 5.74) is 0. The number of hydrogen-bond acceptors (Lipinski definition) is 10. The molecule has 1 fully saturated rings. The second-order valence-electron chi connectivity index (χ2n) is 6.93. The lowest BCUT2D eigenvalue weighted by Gasteiger charge is -2.45. The number of carboxylic acid groups (broad SMARTS) is 1. The van der Waals surface area contributed by atoms with Gasteiger partial charge in [0.25, 0.3) is 0 Å². The van der Waals surface area contributed by atoms with Gasteiger partial charge >= 0.3 is 17.9 Å². The Morgan fingerprint density at radius 2 is 1.69 bits per heavy atom. The van der Waals surface area contributed by atoms with E-state index < -0.39 is 73.2 Å². The molecule has 1 aliphatic rings. The molecule has 32 heavy (non-hydrogen) atoms. The van der Waals surface area contributed by atoms with Gasteiger partial charge in [-0.25, -0.2) is 4.39 Å². The van der Waals surface area contributed by atoms with Crippen LogP contribution in [0, 0.1) is 11.7 Å². The normalized spacial score (nSPS) is 24.8. The summed E-state index contributed by atoms with van der Waals surface area (Å²) >= 11 is 3.11. The number of carbonyl (C=O) groups excluding carboxylic acids is 4. The van der Waals surface area contributed by atoms with Gasteiger partial charge in [-0.15, -0.1) is 0 Å². The van der Waals surface area contributed by atoms with E-state index in [1.165, 1.54) is 12.1 Å². The van der Waals surface area contributed by atoms with Gasteiger partial charge in [-0.1, -0.05) is 15.9 Å². The predicted octanol–water partition coefficient (Wildman–Crippen LogP) is 0.875.